The van der Waals surface area contributed by atoms with Gasteiger partial charge in [0.05, 0.1) is 13.8 Å². The highest BCUT2D eigenvalue weighted by Gasteiger charge is 2.18. The summed E-state index contributed by atoms with van der Waals surface area (Å²) in [5.41, 5.74) is 4.15. The number of aromatic hydroxyl groups is 2. The lowest BCUT2D eigenvalue weighted by Gasteiger charge is -2.07. The van der Waals surface area contributed by atoms with Crippen molar-refractivity contribution in [2.75, 3.05) is 0 Å². The van der Waals surface area contributed by atoms with E-state index in [1.165, 1.54) is 22.5 Å². The van der Waals surface area contributed by atoms with Gasteiger partial charge in [0.25, 0.3) is 0 Å². The Labute approximate surface area is 177 Å². The minimum Gasteiger partial charge on any atom is -0.503 e. The van der Waals surface area contributed by atoms with Crippen molar-refractivity contribution in [3.05, 3.63) is 75.8 Å². The van der Waals surface area contributed by atoms with Crippen molar-refractivity contribution in [1.82, 2.24) is 4.98 Å². The van der Waals surface area contributed by atoms with Gasteiger partial charge in [0.1, 0.15) is 5.01 Å². The molecule has 0 spiro atoms. The van der Waals surface area contributed by atoms with Crippen molar-refractivity contribution in [3.8, 4) is 43.6 Å². The third kappa shape index (κ3) is 3.52. The highest BCUT2D eigenvalue weighted by atomic mass is 79.9. The van der Waals surface area contributed by atoms with Crippen molar-refractivity contribution in [2.45, 2.75) is 0 Å². The molecule has 3 nitrogen and oxygen atoms in total. The fourth-order valence-electron chi connectivity index (χ4n) is 2.75. The van der Waals surface area contributed by atoms with Crippen molar-refractivity contribution in [2.24, 2.45) is 0 Å². The average Bonchev–Trinajstić information content (AvgIpc) is 3.20. The third-order valence-corrected chi connectivity index (χ3v) is 6.67. The van der Waals surface area contributed by atoms with Gasteiger partial charge >= 0.3 is 0 Å². The number of aromatic nitrogens is 1. The van der Waals surface area contributed by atoms with Crippen LogP contribution in [0.4, 0.5) is 0 Å². The summed E-state index contributed by atoms with van der Waals surface area (Å²) in [6.07, 6.45) is 1.82. The van der Waals surface area contributed by atoms with Gasteiger partial charge < -0.3 is 10.2 Å². The standard InChI is InChI=1S/C21H13Br2NO2S/c22-16-10-15(18(23)20(26)19(16)25)21-24-11-17(27-21)14-8-6-13(7-9-14)12-4-2-1-3-5-12/h1-11,25-26H. The molecule has 0 saturated heterocycles. The molecule has 2 N–H and O–H groups in total. The van der Waals surface area contributed by atoms with Gasteiger partial charge in [-0.1, -0.05) is 54.6 Å². The number of nitrogens with zero attached hydrogens (tertiary/aromatic N) is 1. The van der Waals surface area contributed by atoms with E-state index in [1.807, 2.05) is 24.4 Å². The lowest BCUT2D eigenvalue weighted by molar-refractivity contribution is 0.399. The number of thiazole rings is 1. The number of halogens is 2. The van der Waals surface area contributed by atoms with Crippen LogP contribution in [0.3, 0.4) is 0 Å². The molecule has 4 aromatic rings. The fraction of sp³-hybridized carbons (Fsp3) is 0. The second-order valence-electron chi connectivity index (χ2n) is 5.89. The molecule has 0 saturated carbocycles. The average molecular weight is 503 g/mol. The zero-order chi connectivity index (χ0) is 19.0. The Morgan fingerprint density at radius 2 is 1.41 bits per heavy atom. The molecule has 27 heavy (non-hydrogen) atoms. The number of hydrogen-bond acceptors (Lipinski definition) is 4. The van der Waals surface area contributed by atoms with Crippen LogP contribution >= 0.6 is 43.2 Å². The Hall–Kier alpha value is -2.15. The van der Waals surface area contributed by atoms with Crippen LogP contribution in [0, 0.1) is 0 Å². The smallest absolute Gasteiger partial charge is 0.173 e. The highest BCUT2D eigenvalue weighted by molar-refractivity contribution is 9.11. The summed E-state index contributed by atoms with van der Waals surface area (Å²) in [6, 6.07) is 20.3. The van der Waals surface area contributed by atoms with Crippen LogP contribution in [0.1, 0.15) is 0 Å². The van der Waals surface area contributed by atoms with E-state index in [2.05, 4.69) is 73.2 Å². The highest BCUT2D eigenvalue weighted by Crippen LogP contribution is 2.46. The molecule has 0 atom stereocenters. The van der Waals surface area contributed by atoms with Crippen LogP contribution in [0.15, 0.2) is 75.8 Å². The lowest BCUT2D eigenvalue weighted by Crippen LogP contribution is -1.82. The number of rotatable bonds is 3. The molecule has 4 rings (SSSR count). The Morgan fingerprint density at radius 1 is 0.778 bits per heavy atom. The van der Waals surface area contributed by atoms with Crippen LogP contribution in [-0.4, -0.2) is 15.2 Å². The molecule has 0 aliphatic carbocycles. The van der Waals surface area contributed by atoms with Crippen LogP contribution in [0.2, 0.25) is 0 Å². The summed E-state index contributed by atoms with van der Waals surface area (Å²) in [4.78, 5) is 5.52. The van der Waals surface area contributed by atoms with Crippen molar-refractivity contribution >= 4 is 43.2 Å². The first-order valence-electron chi connectivity index (χ1n) is 8.06. The van der Waals surface area contributed by atoms with Crippen molar-refractivity contribution < 1.29 is 10.2 Å². The first-order chi connectivity index (χ1) is 13.0. The lowest BCUT2D eigenvalue weighted by atomic mass is 10.0. The second kappa shape index (κ2) is 7.46. The van der Waals surface area contributed by atoms with Crippen LogP contribution in [0.5, 0.6) is 11.5 Å². The number of phenols is 2. The molecule has 134 valence electrons. The predicted molar refractivity (Wildman–Crippen MR) is 117 cm³/mol. The largest absolute Gasteiger partial charge is 0.503 e. The third-order valence-electron chi connectivity index (χ3n) is 4.18. The summed E-state index contributed by atoms with van der Waals surface area (Å²) < 4.78 is 0.839. The van der Waals surface area contributed by atoms with Gasteiger partial charge in [-0.3, -0.25) is 0 Å². The molecule has 0 radical (unpaired) electrons. The maximum Gasteiger partial charge on any atom is 0.173 e. The van der Waals surface area contributed by atoms with Gasteiger partial charge in [0, 0.05) is 11.8 Å². The summed E-state index contributed by atoms with van der Waals surface area (Å²) in [5.74, 6) is -0.401. The van der Waals surface area contributed by atoms with Crippen LogP contribution < -0.4 is 0 Å². The van der Waals surface area contributed by atoms with E-state index >= 15 is 0 Å². The molecule has 0 bridgehead atoms. The van der Waals surface area contributed by atoms with E-state index in [-0.39, 0.29) is 11.5 Å². The van der Waals surface area contributed by atoms with Crippen LogP contribution in [0.25, 0.3) is 32.1 Å². The number of phenolic OH excluding ortho intramolecular Hbond substituents is 2. The SMILES string of the molecule is Oc1c(Br)cc(-c2ncc(-c3ccc(-c4ccccc4)cc3)s2)c(Br)c1O. The van der Waals surface area contributed by atoms with Crippen molar-refractivity contribution in [1.29, 1.82) is 0 Å². The number of hydrogen-bond donors (Lipinski definition) is 2. The van der Waals surface area contributed by atoms with E-state index in [9.17, 15) is 10.2 Å². The summed E-state index contributed by atoms with van der Waals surface area (Å²) >= 11 is 8.12. The van der Waals surface area contributed by atoms with E-state index in [1.54, 1.807) is 6.07 Å². The summed E-state index contributed by atoms with van der Waals surface area (Å²) in [5, 5.41) is 20.6. The van der Waals surface area contributed by atoms with Gasteiger partial charge in [-0.25, -0.2) is 4.98 Å². The molecule has 0 amide bonds. The maximum absolute atomic E-state index is 10.0. The van der Waals surface area contributed by atoms with E-state index in [0.29, 0.717) is 14.5 Å². The topological polar surface area (TPSA) is 53.4 Å². The monoisotopic (exact) mass is 501 g/mol. The maximum atomic E-state index is 10.0. The van der Waals surface area contributed by atoms with Gasteiger partial charge in [0.15, 0.2) is 11.5 Å². The Morgan fingerprint density at radius 3 is 2.11 bits per heavy atom. The van der Waals surface area contributed by atoms with Gasteiger partial charge in [-0.05, 0) is 54.6 Å². The Bertz CT molecular complexity index is 1110. The first-order valence-corrected chi connectivity index (χ1v) is 10.5. The first kappa shape index (κ1) is 18.2. The second-order valence-corrected chi connectivity index (χ2v) is 8.57. The molecule has 0 aliphatic heterocycles. The van der Waals surface area contributed by atoms with Crippen LogP contribution in [-0.2, 0) is 0 Å². The van der Waals surface area contributed by atoms with E-state index in [4.69, 9.17) is 0 Å². The summed E-state index contributed by atoms with van der Waals surface area (Å²) in [6.45, 7) is 0. The molecule has 6 heteroatoms. The summed E-state index contributed by atoms with van der Waals surface area (Å²) in [7, 11) is 0. The zero-order valence-electron chi connectivity index (χ0n) is 13.9. The zero-order valence-corrected chi connectivity index (χ0v) is 17.8. The normalized spacial score (nSPS) is 10.9. The van der Waals surface area contributed by atoms with E-state index < -0.39 is 0 Å². The quantitative estimate of drug-likeness (QED) is 0.294. The van der Waals surface area contributed by atoms with Gasteiger partial charge in [-0.2, -0.15) is 0 Å². The Kier molecular flexibility index (Phi) is 5.04. The molecule has 3 aromatic carbocycles. The fourth-order valence-corrected chi connectivity index (χ4v) is 4.73. The minimum absolute atomic E-state index is 0.195. The molecular weight excluding hydrogens is 490 g/mol. The molecule has 0 aliphatic rings. The molecule has 1 aromatic heterocycles. The van der Waals surface area contributed by atoms with Gasteiger partial charge in [0.2, 0.25) is 0 Å². The van der Waals surface area contributed by atoms with E-state index in [0.717, 1.165) is 15.4 Å². The van der Waals surface area contributed by atoms with Crippen molar-refractivity contribution in [3.63, 3.8) is 0 Å². The molecule has 0 fully saturated rings. The predicted octanol–water partition coefficient (Wildman–Crippen LogP) is 7.08. The van der Waals surface area contributed by atoms with Gasteiger partial charge in [-0.15, -0.1) is 11.3 Å². The minimum atomic E-state index is -0.205. The molecule has 0 unspecified atom stereocenters. The Balaban J connectivity index is 1.68. The number of benzene rings is 3. The molecule has 1 heterocycles. The molecular formula is C21H13Br2NO2S.